The molecular formula is C14H11F3N2O3. The van der Waals surface area contributed by atoms with Crippen LogP contribution in [0.5, 0.6) is 0 Å². The van der Waals surface area contributed by atoms with Gasteiger partial charge in [0, 0.05) is 14.1 Å². The molecule has 1 saturated heterocycles. The fraction of sp³-hybridized carbons (Fsp3) is 0.214. The van der Waals surface area contributed by atoms with E-state index >= 15 is 0 Å². The maximum atomic E-state index is 12.9. The van der Waals surface area contributed by atoms with Crippen molar-refractivity contribution < 1.29 is 27.6 Å². The van der Waals surface area contributed by atoms with Crippen LogP contribution in [-0.2, 0) is 15.8 Å². The molecule has 0 unspecified atom stereocenters. The van der Waals surface area contributed by atoms with Crippen molar-refractivity contribution >= 4 is 23.9 Å². The van der Waals surface area contributed by atoms with Crippen LogP contribution < -0.4 is 0 Å². The summed E-state index contributed by atoms with van der Waals surface area (Å²) in [6.45, 7) is 0. The van der Waals surface area contributed by atoms with Gasteiger partial charge >= 0.3 is 12.2 Å². The number of rotatable bonds is 1. The Kier molecular flexibility index (Phi) is 3.78. The van der Waals surface area contributed by atoms with Crippen LogP contribution in [0, 0.1) is 0 Å². The first kappa shape index (κ1) is 15.7. The maximum Gasteiger partial charge on any atom is 0.416 e. The van der Waals surface area contributed by atoms with E-state index in [9.17, 15) is 27.6 Å². The van der Waals surface area contributed by atoms with E-state index in [1.807, 2.05) is 0 Å². The van der Waals surface area contributed by atoms with Gasteiger partial charge in [0.1, 0.15) is 5.57 Å². The first-order valence-electron chi connectivity index (χ1n) is 6.12. The summed E-state index contributed by atoms with van der Waals surface area (Å²) in [4.78, 5) is 36.8. The third-order valence-corrected chi connectivity index (χ3v) is 3.21. The molecule has 0 aromatic heterocycles. The van der Waals surface area contributed by atoms with E-state index in [1.165, 1.54) is 12.1 Å². The number of amides is 4. The summed E-state index contributed by atoms with van der Waals surface area (Å²) in [5.74, 6) is -1.88. The highest BCUT2D eigenvalue weighted by molar-refractivity contribution is 6.30. The second-order valence-electron chi connectivity index (χ2n) is 4.65. The largest absolute Gasteiger partial charge is 0.416 e. The highest BCUT2D eigenvalue weighted by Gasteiger charge is 2.39. The molecular weight excluding hydrogens is 301 g/mol. The smallest absolute Gasteiger partial charge is 0.268 e. The lowest BCUT2D eigenvalue weighted by molar-refractivity contribution is -0.138. The number of benzene rings is 1. The Morgan fingerprint density at radius 3 is 1.95 bits per heavy atom. The van der Waals surface area contributed by atoms with Crippen molar-refractivity contribution in [2.24, 2.45) is 0 Å². The summed E-state index contributed by atoms with van der Waals surface area (Å²) >= 11 is 0. The molecule has 1 heterocycles. The van der Waals surface area contributed by atoms with Gasteiger partial charge in [-0.2, -0.15) is 13.2 Å². The van der Waals surface area contributed by atoms with Gasteiger partial charge < -0.3 is 0 Å². The standard InChI is InChI=1S/C14H11F3N2O3/c1-18-11(20)9(12(21)19(2)13(18)22)7-8-5-3-4-6-10(8)14(15,16)17/h3-7H,1-2H3. The van der Waals surface area contributed by atoms with Crippen molar-refractivity contribution in [2.75, 3.05) is 14.1 Å². The van der Waals surface area contributed by atoms with Crippen molar-refractivity contribution in [1.29, 1.82) is 0 Å². The minimum atomic E-state index is -4.62. The quantitative estimate of drug-likeness (QED) is 0.590. The van der Waals surface area contributed by atoms with Gasteiger partial charge in [0.05, 0.1) is 5.56 Å². The molecule has 0 N–H and O–H groups in total. The van der Waals surface area contributed by atoms with Gasteiger partial charge in [-0.25, -0.2) is 4.79 Å². The van der Waals surface area contributed by atoms with Crippen LogP contribution in [0.4, 0.5) is 18.0 Å². The molecule has 0 bridgehead atoms. The van der Waals surface area contributed by atoms with Gasteiger partial charge in [0.15, 0.2) is 0 Å². The monoisotopic (exact) mass is 312 g/mol. The lowest BCUT2D eigenvalue weighted by atomic mass is 10.0. The van der Waals surface area contributed by atoms with Gasteiger partial charge in [-0.3, -0.25) is 19.4 Å². The number of carbonyl (C=O) groups excluding carboxylic acids is 3. The molecule has 0 atom stereocenters. The highest BCUT2D eigenvalue weighted by atomic mass is 19.4. The Bertz CT molecular complexity index is 669. The van der Waals surface area contributed by atoms with Crippen LogP contribution >= 0.6 is 0 Å². The number of alkyl halides is 3. The van der Waals surface area contributed by atoms with Crippen molar-refractivity contribution in [3.63, 3.8) is 0 Å². The van der Waals surface area contributed by atoms with Crippen molar-refractivity contribution in [1.82, 2.24) is 9.80 Å². The number of imide groups is 2. The number of hydrogen-bond acceptors (Lipinski definition) is 3. The maximum absolute atomic E-state index is 12.9. The van der Waals surface area contributed by atoms with Crippen molar-refractivity contribution in [3.05, 3.63) is 41.0 Å². The van der Waals surface area contributed by atoms with E-state index in [2.05, 4.69) is 0 Å². The number of halogens is 3. The van der Waals surface area contributed by atoms with Crippen LogP contribution in [0.2, 0.25) is 0 Å². The second kappa shape index (κ2) is 5.28. The number of barbiturate groups is 1. The molecule has 2 rings (SSSR count). The summed E-state index contributed by atoms with van der Waals surface area (Å²) in [7, 11) is 2.30. The molecule has 1 aliphatic heterocycles. The van der Waals surface area contributed by atoms with Crippen molar-refractivity contribution in [3.8, 4) is 0 Å². The fourth-order valence-electron chi connectivity index (χ4n) is 2.01. The van der Waals surface area contributed by atoms with Crippen LogP contribution in [0.1, 0.15) is 11.1 Å². The Morgan fingerprint density at radius 2 is 1.45 bits per heavy atom. The average Bonchev–Trinajstić information content (AvgIpc) is 2.47. The van der Waals surface area contributed by atoms with Crippen LogP contribution in [0.15, 0.2) is 29.8 Å². The summed E-state index contributed by atoms with van der Waals surface area (Å²) < 4.78 is 38.8. The molecule has 1 aromatic carbocycles. The summed E-state index contributed by atoms with van der Waals surface area (Å²) in [5.41, 5.74) is -1.78. The molecule has 0 radical (unpaired) electrons. The molecule has 0 aliphatic carbocycles. The molecule has 4 amide bonds. The zero-order valence-electron chi connectivity index (χ0n) is 11.6. The van der Waals surface area contributed by atoms with Crippen LogP contribution in [0.3, 0.4) is 0 Å². The normalized spacial score (nSPS) is 16.4. The predicted molar refractivity (Wildman–Crippen MR) is 70.4 cm³/mol. The summed E-state index contributed by atoms with van der Waals surface area (Å²) in [6.07, 6.45) is -3.77. The van der Waals surface area contributed by atoms with E-state index in [0.717, 1.165) is 32.3 Å². The van der Waals surface area contributed by atoms with E-state index in [1.54, 1.807) is 0 Å². The average molecular weight is 312 g/mol. The van der Waals surface area contributed by atoms with Crippen LogP contribution in [0.25, 0.3) is 6.08 Å². The molecule has 116 valence electrons. The van der Waals surface area contributed by atoms with Gasteiger partial charge in [-0.1, -0.05) is 18.2 Å². The highest BCUT2D eigenvalue weighted by Crippen LogP contribution is 2.33. The fourth-order valence-corrected chi connectivity index (χ4v) is 2.01. The van der Waals surface area contributed by atoms with Gasteiger partial charge in [0.2, 0.25) is 0 Å². The predicted octanol–water partition coefficient (Wildman–Crippen LogP) is 2.14. The van der Waals surface area contributed by atoms with E-state index < -0.39 is 35.2 Å². The number of likely N-dealkylation sites (N-methyl/N-ethyl adjacent to an activating group) is 2. The summed E-state index contributed by atoms with van der Waals surface area (Å²) in [5, 5.41) is 0. The second-order valence-corrected chi connectivity index (χ2v) is 4.65. The number of urea groups is 1. The zero-order valence-corrected chi connectivity index (χ0v) is 11.6. The van der Waals surface area contributed by atoms with Crippen molar-refractivity contribution in [2.45, 2.75) is 6.18 Å². The van der Waals surface area contributed by atoms with Gasteiger partial charge in [-0.15, -0.1) is 0 Å². The molecule has 5 nitrogen and oxygen atoms in total. The Labute approximate surface area is 123 Å². The SMILES string of the molecule is CN1C(=O)C(=Cc2ccccc2C(F)(F)F)C(=O)N(C)C1=O. The Balaban J connectivity index is 2.56. The molecule has 1 fully saturated rings. The van der Waals surface area contributed by atoms with E-state index in [4.69, 9.17) is 0 Å². The lowest BCUT2D eigenvalue weighted by Crippen LogP contribution is -2.52. The lowest BCUT2D eigenvalue weighted by Gasteiger charge is -2.29. The van der Waals surface area contributed by atoms with E-state index in [-0.39, 0.29) is 5.56 Å². The third kappa shape index (κ3) is 2.59. The molecule has 22 heavy (non-hydrogen) atoms. The zero-order chi connectivity index (χ0) is 16.7. The summed E-state index contributed by atoms with van der Waals surface area (Å²) in [6, 6.07) is 3.72. The molecule has 0 saturated carbocycles. The third-order valence-electron chi connectivity index (χ3n) is 3.21. The molecule has 0 spiro atoms. The minimum Gasteiger partial charge on any atom is -0.268 e. The molecule has 1 aromatic rings. The van der Waals surface area contributed by atoms with Gasteiger partial charge in [-0.05, 0) is 17.7 Å². The molecule has 1 aliphatic rings. The molecule has 8 heteroatoms. The number of carbonyl (C=O) groups is 3. The topological polar surface area (TPSA) is 57.7 Å². The first-order chi connectivity index (χ1) is 10.1. The Hall–Kier alpha value is -2.64. The Morgan fingerprint density at radius 1 is 0.955 bits per heavy atom. The van der Waals surface area contributed by atoms with Gasteiger partial charge in [0.25, 0.3) is 11.8 Å². The van der Waals surface area contributed by atoms with Crippen LogP contribution in [-0.4, -0.2) is 41.7 Å². The minimum absolute atomic E-state index is 0.317. The number of hydrogen-bond donors (Lipinski definition) is 0. The number of nitrogens with zero attached hydrogens (tertiary/aromatic N) is 2. The first-order valence-corrected chi connectivity index (χ1v) is 6.12. The van der Waals surface area contributed by atoms with E-state index in [0.29, 0.717) is 9.80 Å².